The summed E-state index contributed by atoms with van der Waals surface area (Å²) in [6.07, 6.45) is 4.56. The summed E-state index contributed by atoms with van der Waals surface area (Å²) in [5.74, 6) is 1.78. The van der Waals surface area contributed by atoms with Crippen molar-refractivity contribution in [3.8, 4) is 23.1 Å². The minimum atomic E-state index is 0.518. The highest BCUT2D eigenvalue weighted by Gasteiger charge is 2.19. The van der Waals surface area contributed by atoms with Crippen LogP contribution in [0, 0.1) is 0 Å². The van der Waals surface area contributed by atoms with Gasteiger partial charge < -0.3 is 14.4 Å². The molecule has 1 N–H and O–H groups in total. The molecule has 106 valence electrons. The van der Waals surface area contributed by atoms with E-state index in [4.69, 9.17) is 4.52 Å². The Kier molecular flexibility index (Phi) is 2.82. The number of imidazole rings is 1. The predicted molar refractivity (Wildman–Crippen MR) is 77.3 cm³/mol. The highest BCUT2D eigenvalue weighted by atomic mass is 16.5. The van der Waals surface area contributed by atoms with E-state index in [-0.39, 0.29) is 0 Å². The fraction of sp³-hybridized carbons (Fsp3) is 0.267. The number of hydrogen-bond acceptors (Lipinski definition) is 5. The Morgan fingerprint density at radius 1 is 1.33 bits per heavy atom. The number of hydrogen-bond donors (Lipinski definition) is 1. The second-order valence-electron chi connectivity index (χ2n) is 5.15. The van der Waals surface area contributed by atoms with Crippen molar-refractivity contribution in [1.29, 1.82) is 0 Å². The lowest BCUT2D eigenvalue weighted by atomic mass is 9.95. The molecule has 0 spiro atoms. The van der Waals surface area contributed by atoms with Crippen molar-refractivity contribution in [3.63, 3.8) is 0 Å². The Morgan fingerprint density at radius 3 is 3.14 bits per heavy atom. The SMILES string of the molecule is Cn1ccnc1-c1noc(-c2cccc3c2CCNC3)n1. The third-order valence-corrected chi connectivity index (χ3v) is 3.82. The molecule has 1 aromatic carbocycles. The molecule has 3 aromatic rings. The molecule has 0 saturated heterocycles. The number of nitrogens with one attached hydrogen (secondary N) is 1. The summed E-state index contributed by atoms with van der Waals surface area (Å²) in [4.78, 5) is 8.76. The fourth-order valence-corrected chi connectivity index (χ4v) is 2.74. The average molecular weight is 281 g/mol. The van der Waals surface area contributed by atoms with E-state index in [1.807, 2.05) is 29.9 Å². The highest BCUT2D eigenvalue weighted by molar-refractivity contribution is 5.63. The molecule has 1 aliphatic heterocycles. The molecule has 0 saturated carbocycles. The molecule has 0 bridgehead atoms. The smallest absolute Gasteiger partial charge is 0.258 e. The maximum Gasteiger partial charge on any atom is 0.258 e. The van der Waals surface area contributed by atoms with E-state index in [9.17, 15) is 0 Å². The second kappa shape index (κ2) is 4.82. The molecule has 21 heavy (non-hydrogen) atoms. The second-order valence-corrected chi connectivity index (χ2v) is 5.15. The van der Waals surface area contributed by atoms with Crippen LogP contribution in [0.15, 0.2) is 35.1 Å². The molecule has 2 aromatic heterocycles. The molecule has 6 nitrogen and oxygen atoms in total. The van der Waals surface area contributed by atoms with Crippen molar-refractivity contribution in [2.75, 3.05) is 6.54 Å². The van der Waals surface area contributed by atoms with Gasteiger partial charge in [0.2, 0.25) is 5.82 Å². The topological polar surface area (TPSA) is 68.8 Å². The minimum absolute atomic E-state index is 0.518. The van der Waals surface area contributed by atoms with Crippen LogP contribution in [0.4, 0.5) is 0 Å². The zero-order chi connectivity index (χ0) is 14.2. The molecule has 1 aliphatic rings. The molecule has 0 aliphatic carbocycles. The first-order valence-corrected chi connectivity index (χ1v) is 6.96. The number of rotatable bonds is 2. The van der Waals surface area contributed by atoms with Gasteiger partial charge in [0.15, 0.2) is 5.82 Å². The van der Waals surface area contributed by atoms with E-state index in [0.29, 0.717) is 17.5 Å². The maximum absolute atomic E-state index is 5.46. The third kappa shape index (κ3) is 2.04. The van der Waals surface area contributed by atoms with Crippen LogP contribution in [0.2, 0.25) is 0 Å². The van der Waals surface area contributed by atoms with Gasteiger partial charge in [-0.2, -0.15) is 4.98 Å². The summed E-state index contributed by atoms with van der Waals surface area (Å²) in [5, 5.41) is 7.43. The molecule has 0 amide bonds. The predicted octanol–water partition coefficient (Wildman–Crippen LogP) is 1.78. The van der Waals surface area contributed by atoms with Crippen LogP contribution in [0.5, 0.6) is 0 Å². The van der Waals surface area contributed by atoms with E-state index < -0.39 is 0 Å². The van der Waals surface area contributed by atoms with Crippen molar-refractivity contribution in [2.45, 2.75) is 13.0 Å². The van der Waals surface area contributed by atoms with Crippen LogP contribution in [-0.2, 0) is 20.0 Å². The van der Waals surface area contributed by atoms with Gasteiger partial charge in [-0.3, -0.25) is 0 Å². The molecule has 0 fully saturated rings. The van der Waals surface area contributed by atoms with Crippen molar-refractivity contribution in [1.82, 2.24) is 25.0 Å². The number of nitrogens with zero attached hydrogens (tertiary/aromatic N) is 4. The van der Waals surface area contributed by atoms with Gasteiger partial charge in [0, 0.05) is 31.5 Å². The van der Waals surface area contributed by atoms with Crippen molar-refractivity contribution in [2.24, 2.45) is 7.05 Å². The molecular weight excluding hydrogens is 266 g/mol. The quantitative estimate of drug-likeness (QED) is 0.775. The number of aryl methyl sites for hydroxylation is 1. The summed E-state index contributed by atoms with van der Waals surface area (Å²) in [7, 11) is 1.91. The van der Waals surface area contributed by atoms with E-state index in [0.717, 1.165) is 25.1 Å². The van der Waals surface area contributed by atoms with Crippen molar-refractivity contribution < 1.29 is 4.52 Å². The Hall–Kier alpha value is -2.47. The summed E-state index contributed by atoms with van der Waals surface area (Å²) < 4.78 is 7.33. The van der Waals surface area contributed by atoms with Crippen LogP contribution in [0.3, 0.4) is 0 Å². The number of benzene rings is 1. The molecule has 6 heteroatoms. The lowest BCUT2D eigenvalue weighted by Crippen LogP contribution is -2.24. The molecular formula is C15H15N5O. The highest BCUT2D eigenvalue weighted by Crippen LogP contribution is 2.28. The Labute approximate surface area is 121 Å². The molecule has 4 rings (SSSR count). The standard InChI is InChI=1S/C15H15N5O/c1-20-8-7-17-14(20)13-18-15(21-19-13)12-4-2-3-10-9-16-6-5-11(10)12/h2-4,7-8,16H,5-6,9H2,1H3. The summed E-state index contributed by atoms with van der Waals surface area (Å²) >= 11 is 0. The van der Waals surface area contributed by atoms with Gasteiger partial charge in [0.25, 0.3) is 5.89 Å². The van der Waals surface area contributed by atoms with Crippen LogP contribution >= 0.6 is 0 Å². The van der Waals surface area contributed by atoms with E-state index in [1.165, 1.54) is 11.1 Å². The first-order valence-electron chi connectivity index (χ1n) is 6.96. The zero-order valence-electron chi connectivity index (χ0n) is 11.7. The molecule has 0 unspecified atom stereocenters. The molecule has 0 atom stereocenters. The largest absolute Gasteiger partial charge is 0.333 e. The molecule has 3 heterocycles. The van der Waals surface area contributed by atoms with Gasteiger partial charge in [0.05, 0.1) is 0 Å². The number of fused-ring (bicyclic) bond motifs is 1. The Balaban J connectivity index is 1.78. The van der Waals surface area contributed by atoms with Gasteiger partial charge in [-0.15, -0.1) is 0 Å². The first kappa shape index (κ1) is 12.3. The monoisotopic (exact) mass is 281 g/mol. The summed E-state index contributed by atoms with van der Waals surface area (Å²) in [5.41, 5.74) is 3.63. The van der Waals surface area contributed by atoms with E-state index >= 15 is 0 Å². The van der Waals surface area contributed by atoms with E-state index in [1.54, 1.807) is 6.20 Å². The van der Waals surface area contributed by atoms with Crippen LogP contribution < -0.4 is 5.32 Å². The number of aromatic nitrogens is 4. The normalized spacial score (nSPS) is 14.1. The van der Waals surface area contributed by atoms with Gasteiger partial charge in [-0.25, -0.2) is 4.98 Å². The minimum Gasteiger partial charge on any atom is -0.333 e. The Morgan fingerprint density at radius 2 is 2.29 bits per heavy atom. The van der Waals surface area contributed by atoms with Crippen LogP contribution in [-0.4, -0.2) is 26.2 Å². The van der Waals surface area contributed by atoms with Gasteiger partial charge in [0.1, 0.15) is 0 Å². The summed E-state index contributed by atoms with van der Waals surface area (Å²) in [6, 6.07) is 6.21. The van der Waals surface area contributed by atoms with Crippen LogP contribution in [0.1, 0.15) is 11.1 Å². The third-order valence-electron chi connectivity index (χ3n) is 3.82. The van der Waals surface area contributed by atoms with Gasteiger partial charge >= 0.3 is 0 Å². The van der Waals surface area contributed by atoms with Gasteiger partial charge in [-0.1, -0.05) is 17.3 Å². The maximum atomic E-state index is 5.46. The zero-order valence-corrected chi connectivity index (χ0v) is 11.7. The van der Waals surface area contributed by atoms with Crippen molar-refractivity contribution >= 4 is 0 Å². The van der Waals surface area contributed by atoms with Crippen molar-refractivity contribution in [3.05, 3.63) is 41.7 Å². The first-order chi connectivity index (χ1) is 10.3. The van der Waals surface area contributed by atoms with E-state index in [2.05, 4.69) is 26.5 Å². The van der Waals surface area contributed by atoms with Crippen LogP contribution in [0.25, 0.3) is 23.1 Å². The Bertz CT molecular complexity index is 789. The fourth-order valence-electron chi connectivity index (χ4n) is 2.74. The average Bonchev–Trinajstić information content (AvgIpc) is 3.15. The molecule has 0 radical (unpaired) electrons. The lowest BCUT2D eigenvalue weighted by molar-refractivity contribution is 0.431. The lowest BCUT2D eigenvalue weighted by Gasteiger charge is -2.18. The van der Waals surface area contributed by atoms with Gasteiger partial charge in [-0.05, 0) is 30.2 Å². The summed E-state index contributed by atoms with van der Waals surface area (Å²) in [6.45, 7) is 1.87.